The van der Waals surface area contributed by atoms with Gasteiger partial charge in [0, 0.05) is 29.2 Å². The van der Waals surface area contributed by atoms with E-state index in [2.05, 4.69) is 10.6 Å². The summed E-state index contributed by atoms with van der Waals surface area (Å²) in [5.74, 6) is -1.58. The van der Waals surface area contributed by atoms with E-state index in [-0.39, 0.29) is 37.3 Å². The van der Waals surface area contributed by atoms with Crippen molar-refractivity contribution in [1.29, 1.82) is 5.41 Å². The van der Waals surface area contributed by atoms with Crippen LogP contribution in [0.1, 0.15) is 25.0 Å². The molecule has 10 nitrogen and oxygen atoms in total. The highest BCUT2D eigenvalue weighted by Gasteiger charge is 2.41. The van der Waals surface area contributed by atoms with Crippen LogP contribution >= 0.6 is 12.4 Å². The second-order valence-electron chi connectivity index (χ2n) is 8.52. The predicted molar refractivity (Wildman–Crippen MR) is 130 cm³/mol. The van der Waals surface area contributed by atoms with Crippen molar-refractivity contribution in [3.63, 3.8) is 0 Å². The number of nitrogens with two attached hydrogens (primary N) is 1. The summed E-state index contributed by atoms with van der Waals surface area (Å²) in [7, 11) is 0. The smallest absolute Gasteiger partial charge is 0.259 e. The maximum atomic E-state index is 13.1. The predicted octanol–water partition coefficient (Wildman–Crippen LogP) is 1.35. The monoisotopic (exact) mass is 487 g/mol. The lowest BCUT2D eigenvalue weighted by atomic mass is 9.86. The molecule has 2 heterocycles. The number of aliphatic hydroxyl groups is 1. The Morgan fingerprint density at radius 2 is 1.94 bits per heavy atom. The summed E-state index contributed by atoms with van der Waals surface area (Å²) in [5, 5.41) is 23.3. The summed E-state index contributed by atoms with van der Waals surface area (Å²) < 4.78 is 5.44. The minimum absolute atomic E-state index is 0. The molecule has 0 bridgehead atoms. The van der Waals surface area contributed by atoms with Gasteiger partial charge in [-0.15, -0.1) is 12.4 Å². The van der Waals surface area contributed by atoms with Crippen molar-refractivity contribution < 1.29 is 24.2 Å². The lowest BCUT2D eigenvalue weighted by Crippen LogP contribution is -2.55. The fraction of sp³-hybridized carbons (Fsp3) is 0.304. The van der Waals surface area contributed by atoms with Crippen LogP contribution in [0.2, 0.25) is 0 Å². The summed E-state index contributed by atoms with van der Waals surface area (Å²) >= 11 is 0. The highest BCUT2D eigenvalue weighted by molar-refractivity contribution is 6.08. The largest absolute Gasteiger partial charge is 0.384 e. The van der Waals surface area contributed by atoms with E-state index in [9.17, 15) is 19.5 Å². The number of morpholine rings is 1. The van der Waals surface area contributed by atoms with Gasteiger partial charge in [0.05, 0.1) is 12.0 Å². The first-order chi connectivity index (χ1) is 15.6. The SMILES string of the molecule is CC1(C)C(=O)Nc2cc(N3CCO[C@H]([C@@H](O)C(=O)Nc4ccc(C(=N)N)cc4)C3=O)ccc21.Cl. The first-order valence-corrected chi connectivity index (χ1v) is 10.4. The van der Waals surface area contributed by atoms with Gasteiger partial charge < -0.3 is 31.1 Å². The number of aliphatic hydroxyl groups excluding tert-OH is 1. The van der Waals surface area contributed by atoms with Crippen molar-refractivity contribution in [2.75, 3.05) is 28.7 Å². The lowest BCUT2D eigenvalue weighted by molar-refractivity contribution is -0.150. The van der Waals surface area contributed by atoms with Crippen LogP contribution in [0.4, 0.5) is 17.1 Å². The van der Waals surface area contributed by atoms with Crippen molar-refractivity contribution in [3.8, 4) is 0 Å². The molecule has 1 fully saturated rings. The van der Waals surface area contributed by atoms with Crippen LogP contribution < -0.4 is 21.3 Å². The number of nitrogens with one attached hydrogen (secondary N) is 3. The van der Waals surface area contributed by atoms with Crippen molar-refractivity contribution >= 4 is 53.0 Å². The molecule has 0 saturated carbocycles. The number of halogens is 1. The molecular formula is C23H26ClN5O5. The molecule has 0 aliphatic carbocycles. The fourth-order valence-corrected chi connectivity index (χ4v) is 3.92. The number of anilines is 3. The van der Waals surface area contributed by atoms with Gasteiger partial charge in [0.25, 0.3) is 11.8 Å². The topological polar surface area (TPSA) is 158 Å². The second kappa shape index (κ2) is 9.41. The molecular weight excluding hydrogens is 462 g/mol. The summed E-state index contributed by atoms with van der Waals surface area (Å²) in [6, 6.07) is 11.4. The van der Waals surface area contributed by atoms with Gasteiger partial charge in [-0.1, -0.05) is 6.07 Å². The molecule has 0 spiro atoms. The van der Waals surface area contributed by atoms with Crippen LogP contribution in [0.15, 0.2) is 42.5 Å². The summed E-state index contributed by atoms with van der Waals surface area (Å²) in [6.45, 7) is 4.02. The molecule has 180 valence electrons. The third kappa shape index (κ3) is 4.47. The van der Waals surface area contributed by atoms with Crippen molar-refractivity contribution in [2.24, 2.45) is 5.73 Å². The van der Waals surface area contributed by atoms with Crippen LogP contribution in [-0.4, -0.2) is 54.0 Å². The molecule has 0 radical (unpaired) electrons. The number of rotatable bonds is 5. The summed E-state index contributed by atoms with van der Waals surface area (Å²) in [5.41, 5.74) is 7.62. The Morgan fingerprint density at radius 3 is 2.59 bits per heavy atom. The van der Waals surface area contributed by atoms with Gasteiger partial charge in [-0.2, -0.15) is 0 Å². The van der Waals surface area contributed by atoms with E-state index in [1.165, 1.54) is 17.0 Å². The molecule has 3 amide bonds. The Kier molecular flexibility index (Phi) is 6.97. The van der Waals surface area contributed by atoms with Gasteiger partial charge in [0.2, 0.25) is 5.91 Å². The van der Waals surface area contributed by atoms with E-state index in [0.717, 1.165) is 5.56 Å². The number of nitrogens with zero attached hydrogens (tertiary/aromatic N) is 1. The van der Waals surface area contributed by atoms with Gasteiger partial charge in [0.1, 0.15) is 5.84 Å². The van der Waals surface area contributed by atoms with Crippen LogP contribution in [0.5, 0.6) is 0 Å². The molecule has 0 aromatic heterocycles. The highest BCUT2D eigenvalue weighted by atomic mass is 35.5. The van der Waals surface area contributed by atoms with E-state index in [1.54, 1.807) is 30.3 Å². The number of hydrogen-bond acceptors (Lipinski definition) is 6. The van der Waals surface area contributed by atoms with E-state index in [1.807, 2.05) is 13.8 Å². The lowest BCUT2D eigenvalue weighted by Gasteiger charge is -2.34. The molecule has 6 N–H and O–H groups in total. The molecule has 1 saturated heterocycles. The zero-order valence-electron chi connectivity index (χ0n) is 18.6. The Labute approximate surface area is 202 Å². The third-order valence-electron chi connectivity index (χ3n) is 5.94. The fourth-order valence-electron chi connectivity index (χ4n) is 3.92. The van der Waals surface area contributed by atoms with E-state index in [4.69, 9.17) is 15.9 Å². The van der Waals surface area contributed by atoms with Gasteiger partial charge >= 0.3 is 0 Å². The molecule has 2 atom stereocenters. The molecule has 2 aromatic carbocycles. The number of nitrogen functional groups attached to an aromatic ring is 1. The van der Waals surface area contributed by atoms with Gasteiger partial charge in [-0.3, -0.25) is 19.8 Å². The van der Waals surface area contributed by atoms with Crippen molar-refractivity contribution in [2.45, 2.75) is 31.5 Å². The molecule has 0 unspecified atom stereocenters. The minimum atomic E-state index is -1.74. The molecule has 11 heteroatoms. The zero-order valence-corrected chi connectivity index (χ0v) is 19.4. The van der Waals surface area contributed by atoms with Gasteiger partial charge in [0.15, 0.2) is 12.2 Å². The Morgan fingerprint density at radius 1 is 1.26 bits per heavy atom. The number of fused-ring (bicyclic) bond motifs is 1. The maximum Gasteiger partial charge on any atom is 0.259 e. The Balaban J connectivity index is 0.00000324. The summed E-state index contributed by atoms with van der Waals surface area (Å²) in [6.07, 6.45) is -3.12. The Hall–Kier alpha value is -3.47. The maximum absolute atomic E-state index is 13.1. The van der Waals surface area contributed by atoms with Crippen LogP contribution in [0.3, 0.4) is 0 Å². The third-order valence-corrected chi connectivity index (χ3v) is 5.94. The molecule has 4 rings (SSSR count). The van der Waals surface area contributed by atoms with Crippen molar-refractivity contribution in [1.82, 2.24) is 0 Å². The first kappa shape index (κ1) is 25.2. The highest BCUT2D eigenvalue weighted by Crippen LogP contribution is 2.39. The number of benzene rings is 2. The average Bonchev–Trinajstić information content (AvgIpc) is 3.01. The number of carbonyl (C=O) groups is 3. The Bertz CT molecular complexity index is 1150. The van der Waals surface area contributed by atoms with Crippen LogP contribution in [-0.2, 0) is 24.5 Å². The summed E-state index contributed by atoms with van der Waals surface area (Å²) in [4.78, 5) is 39.3. The number of carbonyl (C=O) groups excluding carboxylic acids is 3. The number of amides is 3. The standard InChI is InChI=1S/C23H25N5O5.ClH/c1-23(2)15-8-7-14(11-16(15)27-22(23)32)28-9-10-33-18(21(28)31)17(29)20(30)26-13-5-3-12(4-6-13)19(24)25;/h3-8,11,17-18,29H,9-10H2,1-2H3,(H3,24,25)(H,26,30)(H,27,32);1H/t17-,18-;/m1./s1. The van der Waals surface area contributed by atoms with Crippen LogP contribution in [0.25, 0.3) is 0 Å². The quantitative estimate of drug-likeness (QED) is 0.316. The van der Waals surface area contributed by atoms with Gasteiger partial charge in [-0.05, 0) is 55.8 Å². The van der Waals surface area contributed by atoms with Crippen LogP contribution in [0, 0.1) is 5.41 Å². The number of ether oxygens (including phenoxy) is 1. The zero-order chi connectivity index (χ0) is 23.9. The molecule has 2 aliphatic heterocycles. The van der Waals surface area contributed by atoms with E-state index in [0.29, 0.717) is 22.6 Å². The number of amidine groups is 1. The van der Waals surface area contributed by atoms with E-state index < -0.39 is 29.4 Å². The number of hydrogen-bond donors (Lipinski definition) is 5. The average molecular weight is 488 g/mol. The first-order valence-electron chi connectivity index (χ1n) is 10.4. The normalized spacial score (nSPS) is 19.5. The van der Waals surface area contributed by atoms with Gasteiger partial charge in [-0.25, -0.2) is 0 Å². The molecule has 2 aromatic rings. The van der Waals surface area contributed by atoms with Crippen molar-refractivity contribution in [3.05, 3.63) is 53.6 Å². The molecule has 34 heavy (non-hydrogen) atoms. The molecule has 2 aliphatic rings. The van der Waals surface area contributed by atoms with E-state index >= 15 is 0 Å². The minimum Gasteiger partial charge on any atom is -0.384 e. The second-order valence-corrected chi connectivity index (χ2v) is 8.52.